The number of rotatable bonds is 3. The second-order valence-corrected chi connectivity index (χ2v) is 7.66. The number of sulfonamides is 1. The summed E-state index contributed by atoms with van der Waals surface area (Å²) < 4.78 is 40.4. The van der Waals surface area contributed by atoms with Gasteiger partial charge in [0.1, 0.15) is 9.90 Å². The van der Waals surface area contributed by atoms with E-state index in [1.54, 1.807) is 6.92 Å². The number of nitrogens with zero attached hydrogens (tertiary/aromatic N) is 2. The minimum Gasteiger partial charge on any atom is -0.395 e. The highest BCUT2D eigenvalue weighted by Crippen LogP contribution is 2.35. The molecule has 0 atom stereocenters. The van der Waals surface area contributed by atoms with Crippen LogP contribution in [0.2, 0.25) is 5.02 Å². The van der Waals surface area contributed by atoms with Gasteiger partial charge in [-0.1, -0.05) is 22.9 Å². The molecule has 1 heterocycles. The zero-order chi connectivity index (χ0) is 15.1. The van der Waals surface area contributed by atoms with Crippen molar-refractivity contribution in [2.75, 3.05) is 10.5 Å². The Kier molecular flexibility index (Phi) is 4.19. The molecule has 0 aliphatic rings. The lowest BCUT2D eigenvalue weighted by atomic mass is 10.3. The summed E-state index contributed by atoms with van der Waals surface area (Å²) in [4.78, 5) is -0.656. The number of anilines is 2. The van der Waals surface area contributed by atoms with Gasteiger partial charge in [0.2, 0.25) is 5.13 Å². The molecule has 108 valence electrons. The third-order valence-corrected chi connectivity index (χ3v) is 5.80. The molecular weight excluding hydrogens is 395 g/mol. The van der Waals surface area contributed by atoms with Crippen LogP contribution >= 0.6 is 38.9 Å². The van der Waals surface area contributed by atoms with Gasteiger partial charge in [-0.25, -0.2) is 12.8 Å². The van der Waals surface area contributed by atoms with Gasteiger partial charge in [0, 0.05) is 0 Å². The number of hydrogen-bond acceptors (Lipinski definition) is 6. The Morgan fingerprint density at radius 1 is 1.50 bits per heavy atom. The normalized spacial score (nSPS) is 11.6. The second kappa shape index (κ2) is 5.43. The Labute approximate surface area is 131 Å². The first kappa shape index (κ1) is 15.4. The molecule has 0 spiro atoms. The van der Waals surface area contributed by atoms with E-state index in [9.17, 15) is 12.8 Å². The first-order chi connectivity index (χ1) is 9.22. The molecule has 20 heavy (non-hydrogen) atoms. The molecule has 2 aromatic rings. The summed E-state index contributed by atoms with van der Waals surface area (Å²) in [6, 6.07) is 0.966. The minimum atomic E-state index is -4.19. The first-order valence-corrected chi connectivity index (χ1v) is 8.45. The molecule has 11 heteroatoms. The van der Waals surface area contributed by atoms with Crippen LogP contribution in [0.15, 0.2) is 15.4 Å². The van der Waals surface area contributed by atoms with E-state index in [0.717, 1.165) is 17.4 Å². The van der Waals surface area contributed by atoms with Crippen molar-refractivity contribution in [2.45, 2.75) is 11.8 Å². The van der Waals surface area contributed by atoms with Gasteiger partial charge in [-0.2, -0.15) is 0 Å². The fourth-order valence-corrected chi connectivity index (χ4v) is 3.81. The van der Waals surface area contributed by atoms with Crippen molar-refractivity contribution < 1.29 is 12.8 Å². The number of halogens is 3. The Morgan fingerprint density at radius 3 is 2.70 bits per heavy atom. The quantitative estimate of drug-likeness (QED) is 0.609. The SMILES string of the molecule is Cc1nnc(NS(=O)(=O)c2cc(Cl)c(Br)c(N)c2F)s1. The van der Waals surface area contributed by atoms with Crippen molar-refractivity contribution in [3.63, 3.8) is 0 Å². The molecular formula is C9H7BrClFN4O2S2. The average molecular weight is 402 g/mol. The van der Waals surface area contributed by atoms with Crippen LogP contribution in [0.4, 0.5) is 15.2 Å². The number of nitrogens with one attached hydrogen (secondary N) is 1. The highest BCUT2D eigenvalue weighted by molar-refractivity contribution is 9.10. The molecule has 0 aliphatic carbocycles. The smallest absolute Gasteiger partial charge is 0.266 e. The summed E-state index contributed by atoms with van der Waals surface area (Å²) in [6.45, 7) is 1.66. The number of benzene rings is 1. The second-order valence-electron chi connectivity index (χ2n) is 3.63. The summed E-state index contributed by atoms with van der Waals surface area (Å²) in [5.74, 6) is -1.09. The van der Waals surface area contributed by atoms with E-state index >= 15 is 0 Å². The number of nitrogen functional groups attached to an aromatic ring is 1. The topological polar surface area (TPSA) is 98.0 Å². The van der Waals surface area contributed by atoms with Gasteiger partial charge in [-0.15, -0.1) is 10.2 Å². The molecule has 0 fully saturated rings. The highest BCUT2D eigenvalue weighted by Gasteiger charge is 2.25. The largest absolute Gasteiger partial charge is 0.395 e. The van der Waals surface area contributed by atoms with E-state index < -0.39 is 20.7 Å². The molecule has 2 rings (SSSR count). The van der Waals surface area contributed by atoms with E-state index in [0.29, 0.717) is 5.01 Å². The predicted octanol–water partition coefficient (Wildman–Crippen LogP) is 2.78. The lowest BCUT2D eigenvalue weighted by Gasteiger charge is -2.10. The molecule has 1 aromatic heterocycles. The van der Waals surface area contributed by atoms with Crippen molar-refractivity contribution in [2.24, 2.45) is 0 Å². The summed E-state index contributed by atoms with van der Waals surface area (Å²) >= 11 is 9.78. The Morgan fingerprint density at radius 2 is 2.15 bits per heavy atom. The summed E-state index contributed by atoms with van der Waals surface area (Å²) in [5.41, 5.74) is 5.07. The summed E-state index contributed by atoms with van der Waals surface area (Å²) in [7, 11) is -4.19. The van der Waals surface area contributed by atoms with Gasteiger partial charge in [0.15, 0.2) is 5.82 Å². The number of nitrogens with two attached hydrogens (primary N) is 1. The standard InChI is InChI=1S/C9H7BrClFN4O2S2/c1-3-14-15-9(19-3)16-20(17,18)5-2-4(11)6(10)8(13)7(5)12/h2H,13H2,1H3,(H,15,16). The van der Waals surface area contributed by atoms with Crippen LogP contribution in [0.5, 0.6) is 0 Å². The molecule has 3 N–H and O–H groups in total. The van der Waals surface area contributed by atoms with Gasteiger partial charge in [0.25, 0.3) is 10.0 Å². The van der Waals surface area contributed by atoms with Gasteiger partial charge in [-0.05, 0) is 28.9 Å². The number of aromatic nitrogens is 2. The van der Waals surface area contributed by atoms with Crippen LogP contribution in [0.1, 0.15) is 5.01 Å². The van der Waals surface area contributed by atoms with Crippen LogP contribution in [0.3, 0.4) is 0 Å². The number of aryl methyl sites for hydroxylation is 1. The van der Waals surface area contributed by atoms with E-state index in [4.69, 9.17) is 17.3 Å². The van der Waals surface area contributed by atoms with Crippen molar-refractivity contribution in [3.05, 3.63) is 26.4 Å². The third-order valence-electron chi connectivity index (χ3n) is 2.19. The zero-order valence-corrected chi connectivity index (χ0v) is 13.8. The molecule has 0 unspecified atom stereocenters. The van der Waals surface area contributed by atoms with Crippen LogP contribution < -0.4 is 10.5 Å². The van der Waals surface area contributed by atoms with E-state index in [2.05, 4.69) is 30.8 Å². The van der Waals surface area contributed by atoms with Crippen LogP contribution in [-0.2, 0) is 10.0 Å². The van der Waals surface area contributed by atoms with Gasteiger partial charge in [0.05, 0.1) is 15.2 Å². The van der Waals surface area contributed by atoms with Crippen LogP contribution in [-0.4, -0.2) is 18.6 Å². The van der Waals surface area contributed by atoms with E-state index in [-0.39, 0.29) is 20.3 Å². The maximum Gasteiger partial charge on any atom is 0.266 e. The van der Waals surface area contributed by atoms with Crippen molar-refractivity contribution in [1.29, 1.82) is 0 Å². The minimum absolute atomic E-state index is 0.0160. The molecule has 0 saturated carbocycles. The summed E-state index contributed by atoms with van der Waals surface area (Å²) in [6.07, 6.45) is 0. The third kappa shape index (κ3) is 2.87. The first-order valence-electron chi connectivity index (χ1n) is 4.98. The number of hydrogen-bond donors (Lipinski definition) is 2. The van der Waals surface area contributed by atoms with Gasteiger partial charge >= 0.3 is 0 Å². The lowest BCUT2D eigenvalue weighted by Crippen LogP contribution is -2.15. The van der Waals surface area contributed by atoms with Crippen molar-refractivity contribution in [3.8, 4) is 0 Å². The maximum atomic E-state index is 14.0. The van der Waals surface area contributed by atoms with Crippen LogP contribution in [0.25, 0.3) is 0 Å². The zero-order valence-electron chi connectivity index (χ0n) is 9.82. The molecule has 0 saturated heterocycles. The van der Waals surface area contributed by atoms with Gasteiger partial charge < -0.3 is 5.73 Å². The van der Waals surface area contributed by atoms with E-state index in [1.165, 1.54) is 0 Å². The maximum absolute atomic E-state index is 14.0. The molecule has 6 nitrogen and oxygen atoms in total. The van der Waals surface area contributed by atoms with Crippen molar-refractivity contribution >= 4 is 59.7 Å². The molecule has 0 amide bonds. The van der Waals surface area contributed by atoms with Crippen molar-refractivity contribution in [1.82, 2.24) is 10.2 Å². The molecule has 0 aliphatic heterocycles. The fraction of sp³-hybridized carbons (Fsp3) is 0.111. The Hall–Kier alpha value is -0.970. The fourth-order valence-electron chi connectivity index (χ4n) is 1.30. The predicted molar refractivity (Wildman–Crippen MR) is 79.0 cm³/mol. The molecule has 0 bridgehead atoms. The average Bonchev–Trinajstić information content (AvgIpc) is 2.75. The molecule has 0 radical (unpaired) electrons. The summed E-state index contributed by atoms with van der Waals surface area (Å²) in [5, 5.41) is 7.83. The highest BCUT2D eigenvalue weighted by atomic mass is 79.9. The lowest BCUT2D eigenvalue weighted by molar-refractivity contribution is 0.572. The monoisotopic (exact) mass is 400 g/mol. The Bertz CT molecular complexity index is 780. The van der Waals surface area contributed by atoms with Gasteiger partial charge in [-0.3, -0.25) is 4.72 Å². The van der Waals surface area contributed by atoms with Crippen LogP contribution in [0, 0.1) is 12.7 Å². The molecule has 1 aromatic carbocycles. The van der Waals surface area contributed by atoms with E-state index in [1.807, 2.05) is 0 Å². The Balaban J connectivity index is 2.50.